The summed E-state index contributed by atoms with van der Waals surface area (Å²) in [5.74, 6) is 1.41. The minimum atomic E-state index is -0.290. The SMILES string of the molecule is Cc1occc1-c1cc(NC(=O)N2CCC3OCC(=O)NC3C2)no1. The molecule has 0 spiro atoms. The zero-order valence-corrected chi connectivity index (χ0v) is 13.7. The number of piperidine rings is 1. The van der Waals surface area contributed by atoms with Crippen molar-refractivity contribution in [3.63, 3.8) is 0 Å². The van der Waals surface area contributed by atoms with Crippen LogP contribution in [0.25, 0.3) is 11.3 Å². The maximum absolute atomic E-state index is 12.4. The molecule has 9 heteroatoms. The second-order valence-electron chi connectivity index (χ2n) is 6.16. The number of furan rings is 1. The normalized spacial score (nSPS) is 23.1. The molecule has 0 radical (unpaired) electrons. The van der Waals surface area contributed by atoms with E-state index in [-0.39, 0.29) is 30.7 Å². The predicted molar refractivity (Wildman–Crippen MR) is 85.8 cm³/mol. The highest BCUT2D eigenvalue weighted by molar-refractivity contribution is 5.89. The quantitative estimate of drug-likeness (QED) is 0.850. The smallest absolute Gasteiger partial charge is 0.323 e. The molecule has 2 unspecified atom stereocenters. The van der Waals surface area contributed by atoms with E-state index in [1.807, 2.05) is 6.92 Å². The summed E-state index contributed by atoms with van der Waals surface area (Å²) in [5.41, 5.74) is 0.788. The number of amides is 3. The lowest BCUT2D eigenvalue weighted by Crippen LogP contribution is -2.61. The number of fused-ring (bicyclic) bond motifs is 1. The average molecular weight is 346 g/mol. The Kier molecular flexibility index (Phi) is 3.92. The fourth-order valence-corrected chi connectivity index (χ4v) is 3.17. The molecule has 0 aromatic carbocycles. The number of anilines is 1. The molecule has 4 heterocycles. The Hall–Kier alpha value is -2.81. The summed E-state index contributed by atoms with van der Waals surface area (Å²) in [4.78, 5) is 25.5. The van der Waals surface area contributed by atoms with Gasteiger partial charge in [-0.1, -0.05) is 5.16 Å². The first kappa shape index (κ1) is 15.7. The lowest BCUT2D eigenvalue weighted by Gasteiger charge is -2.40. The summed E-state index contributed by atoms with van der Waals surface area (Å²) >= 11 is 0. The standard InChI is InChI=1S/C16H18N4O5/c1-9-10(3-5-23-9)13-6-14(19-25-13)18-16(22)20-4-2-12-11(7-20)17-15(21)8-24-12/h3,5-6,11-12H,2,4,7-8H2,1H3,(H,17,21)(H,18,19,22). The van der Waals surface area contributed by atoms with Crippen molar-refractivity contribution >= 4 is 17.8 Å². The van der Waals surface area contributed by atoms with Gasteiger partial charge in [0.05, 0.1) is 24.0 Å². The number of aromatic nitrogens is 1. The minimum Gasteiger partial charge on any atom is -0.469 e. The third-order valence-corrected chi connectivity index (χ3v) is 4.48. The molecule has 2 aliphatic rings. The highest BCUT2D eigenvalue weighted by Crippen LogP contribution is 2.26. The summed E-state index contributed by atoms with van der Waals surface area (Å²) in [6.07, 6.45) is 2.21. The molecule has 3 amide bonds. The van der Waals surface area contributed by atoms with E-state index in [1.165, 1.54) is 0 Å². The van der Waals surface area contributed by atoms with Crippen molar-refractivity contribution in [2.75, 3.05) is 25.0 Å². The molecule has 132 valence electrons. The van der Waals surface area contributed by atoms with Crippen LogP contribution in [0.1, 0.15) is 12.2 Å². The second-order valence-corrected chi connectivity index (χ2v) is 6.16. The van der Waals surface area contributed by atoms with Crippen LogP contribution in [0.2, 0.25) is 0 Å². The van der Waals surface area contributed by atoms with Gasteiger partial charge in [-0.2, -0.15) is 0 Å². The van der Waals surface area contributed by atoms with Crippen LogP contribution in [0.15, 0.2) is 27.3 Å². The summed E-state index contributed by atoms with van der Waals surface area (Å²) in [5, 5.41) is 9.46. The van der Waals surface area contributed by atoms with E-state index in [9.17, 15) is 9.59 Å². The van der Waals surface area contributed by atoms with E-state index in [4.69, 9.17) is 13.7 Å². The number of carbonyl (C=O) groups excluding carboxylic acids is 2. The molecule has 25 heavy (non-hydrogen) atoms. The van der Waals surface area contributed by atoms with E-state index in [2.05, 4.69) is 15.8 Å². The second kappa shape index (κ2) is 6.25. The maximum Gasteiger partial charge on any atom is 0.323 e. The Morgan fingerprint density at radius 2 is 2.36 bits per heavy atom. The lowest BCUT2D eigenvalue weighted by atomic mass is 10.0. The molecule has 2 aliphatic heterocycles. The van der Waals surface area contributed by atoms with Gasteiger partial charge in [0.25, 0.3) is 0 Å². The van der Waals surface area contributed by atoms with Gasteiger partial charge in [-0.25, -0.2) is 4.79 Å². The highest BCUT2D eigenvalue weighted by atomic mass is 16.5. The fourth-order valence-electron chi connectivity index (χ4n) is 3.17. The molecule has 2 aromatic rings. The Bertz CT molecular complexity index is 798. The Balaban J connectivity index is 1.40. The first-order valence-electron chi connectivity index (χ1n) is 8.08. The van der Waals surface area contributed by atoms with Crippen LogP contribution in [0.4, 0.5) is 10.6 Å². The third-order valence-electron chi connectivity index (χ3n) is 4.48. The zero-order valence-electron chi connectivity index (χ0n) is 13.7. The van der Waals surface area contributed by atoms with E-state index < -0.39 is 0 Å². The fraction of sp³-hybridized carbons (Fsp3) is 0.438. The molecular weight excluding hydrogens is 328 g/mol. The summed E-state index contributed by atoms with van der Waals surface area (Å²) in [6, 6.07) is 2.95. The van der Waals surface area contributed by atoms with Crippen molar-refractivity contribution < 1.29 is 23.3 Å². The number of morpholine rings is 1. The van der Waals surface area contributed by atoms with Crippen molar-refractivity contribution in [1.82, 2.24) is 15.4 Å². The highest BCUT2D eigenvalue weighted by Gasteiger charge is 2.36. The number of ether oxygens (including phenoxy) is 1. The summed E-state index contributed by atoms with van der Waals surface area (Å²) < 4.78 is 16.0. The number of likely N-dealkylation sites (tertiary alicyclic amines) is 1. The van der Waals surface area contributed by atoms with Gasteiger partial charge in [0.1, 0.15) is 12.4 Å². The maximum atomic E-state index is 12.4. The van der Waals surface area contributed by atoms with Crippen molar-refractivity contribution in [3.8, 4) is 11.3 Å². The summed E-state index contributed by atoms with van der Waals surface area (Å²) in [6.45, 7) is 2.85. The molecule has 0 aliphatic carbocycles. The van der Waals surface area contributed by atoms with Crippen LogP contribution in [0.5, 0.6) is 0 Å². The monoisotopic (exact) mass is 346 g/mol. The molecule has 2 saturated heterocycles. The largest absolute Gasteiger partial charge is 0.469 e. The third kappa shape index (κ3) is 3.10. The van der Waals surface area contributed by atoms with Gasteiger partial charge in [0.2, 0.25) is 5.91 Å². The van der Waals surface area contributed by atoms with E-state index in [0.29, 0.717) is 36.8 Å². The van der Waals surface area contributed by atoms with Crippen LogP contribution >= 0.6 is 0 Å². The molecule has 0 bridgehead atoms. The molecule has 4 rings (SSSR count). The number of carbonyl (C=O) groups is 2. The predicted octanol–water partition coefficient (Wildman–Crippen LogP) is 1.36. The number of aryl methyl sites for hydroxylation is 1. The summed E-state index contributed by atoms with van der Waals surface area (Å²) in [7, 11) is 0. The van der Waals surface area contributed by atoms with Gasteiger partial charge in [0.15, 0.2) is 11.6 Å². The average Bonchev–Trinajstić information content (AvgIpc) is 3.22. The van der Waals surface area contributed by atoms with Crippen LogP contribution in [0.3, 0.4) is 0 Å². The van der Waals surface area contributed by atoms with Crippen LogP contribution < -0.4 is 10.6 Å². The Morgan fingerprint density at radius 1 is 1.48 bits per heavy atom. The number of nitrogens with zero attached hydrogens (tertiary/aromatic N) is 2. The number of urea groups is 1. The number of hydrogen-bond acceptors (Lipinski definition) is 6. The molecule has 0 saturated carbocycles. The van der Waals surface area contributed by atoms with Crippen molar-refractivity contribution in [3.05, 3.63) is 24.2 Å². The van der Waals surface area contributed by atoms with Gasteiger partial charge < -0.3 is 23.9 Å². The van der Waals surface area contributed by atoms with Gasteiger partial charge >= 0.3 is 6.03 Å². The van der Waals surface area contributed by atoms with E-state index >= 15 is 0 Å². The molecular formula is C16H18N4O5. The minimum absolute atomic E-state index is 0.0375. The molecule has 2 N–H and O–H groups in total. The topological polar surface area (TPSA) is 110 Å². The molecule has 9 nitrogen and oxygen atoms in total. The van der Waals surface area contributed by atoms with E-state index in [1.54, 1.807) is 23.3 Å². The van der Waals surface area contributed by atoms with Gasteiger partial charge in [-0.3, -0.25) is 10.1 Å². The molecule has 2 aromatic heterocycles. The van der Waals surface area contributed by atoms with Gasteiger partial charge in [-0.15, -0.1) is 0 Å². The number of rotatable bonds is 2. The van der Waals surface area contributed by atoms with Crippen LogP contribution in [0, 0.1) is 6.92 Å². The van der Waals surface area contributed by atoms with Crippen molar-refractivity contribution in [2.45, 2.75) is 25.5 Å². The van der Waals surface area contributed by atoms with Gasteiger partial charge in [-0.05, 0) is 19.4 Å². The molecule has 2 atom stereocenters. The number of nitrogens with one attached hydrogen (secondary N) is 2. The Morgan fingerprint density at radius 3 is 3.16 bits per heavy atom. The van der Waals surface area contributed by atoms with Gasteiger partial charge in [0, 0.05) is 19.2 Å². The molecule has 2 fully saturated rings. The van der Waals surface area contributed by atoms with Crippen LogP contribution in [-0.4, -0.2) is 53.8 Å². The van der Waals surface area contributed by atoms with Crippen LogP contribution in [-0.2, 0) is 9.53 Å². The van der Waals surface area contributed by atoms with Crippen molar-refractivity contribution in [1.29, 1.82) is 0 Å². The van der Waals surface area contributed by atoms with E-state index in [0.717, 1.165) is 5.56 Å². The lowest BCUT2D eigenvalue weighted by molar-refractivity contribution is -0.139. The van der Waals surface area contributed by atoms with Crippen molar-refractivity contribution in [2.24, 2.45) is 0 Å². The zero-order chi connectivity index (χ0) is 17.4. The first-order chi connectivity index (χ1) is 12.1. The first-order valence-corrected chi connectivity index (χ1v) is 8.08. The Labute approximate surface area is 143 Å². The number of hydrogen-bond donors (Lipinski definition) is 2.